The summed E-state index contributed by atoms with van der Waals surface area (Å²) in [5.41, 5.74) is 0.479. The van der Waals surface area contributed by atoms with Crippen LogP contribution in [0.4, 0.5) is 0 Å². The van der Waals surface area contributed by atoms with Gasteiger partial charge in [-0.2, -0.15) is 0 Å². The summed E-state index contributed by atoms with van der Waals surface area (Å²) in [6, 6.07) is 0. The summed E-state index contributed by atoms with van der Waals surface area (Å²) in [4.78, 5) is 11.0. The normalized spacial score (nSPS) is 10.1. The lowest BCUT2D eigenvalue weighted by Gasteiger charge is -2.04. The van der Waals surface area contributed by atoms with Crippen molar-refractivity contribution in [1.82, 2.24) is 5.32 Å². The predicted molar refractivity (Wildman–Crippen MR) is 67.4 cm³/mol. The highest BCUT2D eigenvalue weighted by molar-refractivity contribution is 5.86. The summed E-state index contributed by atoms with van der Waals surface area (Å²) in [6.45, 7) is 6.84. The fourth-order valence-corrected chi connectivity index (χ4v) is 1.40. The van der Waals surface area contributed by atoms with E-state index < -0.39 is 0 Å². The topological polar surface area (TPSA) is 38.3 Å². The Hall–Kier alpha value is -0.830. The zero-order chi connectivity index (χ0) is 12.2. The molecule has 0 aliphatic heterocycles. The minimum absolute atomic E-state index is 0.269. The second-order valence-electron chi connectivity index (χ2n) is 4.14. The Morgan fingerprint density at radius 2 is 1.69 bits per heavy atom. The molecule has 0 aromatic carbocycles. The van der Waals surface area contributed by atoms with Crippen molar-refractivity contribution < 1.29 is 9.53 Å². The maximum Gasteiger partial charge on any atom is 0.333 e. The van der Waals surface area contributed by atoms with E-state index in [4.69, 9.17) is 4.74 Å². The van der Waals surface area contributed by atoms with Crippen LogP contribution in [0.25, 0.3) is 0 Å². The number of esters is 1. The standard InChI is InChI=1S/C13H25NO2/c1-12(2)13(15)16-11-9-7-5-4-6-8-10-14-3/h14H,1,4-11H2,2-3H3. The van der Waals surface area contributed by atoms with Gasteiger partial charge in [-0.3, -0.25) is 0 Å². The summed E-state index contributed by atoms with van der Waals surface area (Å²) in [5, 5.41) is 3.14. The first kappa shape index (κ1) is 15.2. The van der Waals surface area contributed by atoms with E-state index in [1.165, 1.54) is 25.7 Å². The second-order valence-corrected chi connectivity index (χ2v) is 4.14. The molecule has 0 bridgehead atoms. The van der Waals surface area contributed by atoms with Gasteiger partial charge in [-0.05, 0) is 33.4 Å². The third-order valence-electron chi connectivity index (χ3n) is 2.40. The van der Waals surface area contributed by atoms with Gasteiger partial charge in [0.25, 0.3) is 0 Å². The molecule has 0 aliphatic rings. The molecule has 0 atom stereocenters. The quantitative estimate of drug-likeness (QED) is 0.354. The third kappa shape index (κ3) is 9.71. The molecular weight excluding hydrogens is 202 g/mol. The predicted octanol–water partition coefficient (Wildman–Crippen LogP) is 2.67. The van der Waals surface area contributed by atoms with E-state index in [-0.39, 0.29) is 5.97 Å². The summed E-state index contributed by atoms with van der Waals surface area (Å²) in [5.74, 6) is -0.269. The van der Waals surface area contributed by atoms with Crippen molar-refractivity contribution in [2.24, 2.45) is 0 Å². The molecule has 0 saturated carbocycles. The average molecular weight is 227 g/mol. The molecule has 0 rings (SSSR count). The molecule has 3 heteroatoms. The van der Waals surface area contributed by atoms with E-state index in [1.54, 1.807) is 6.92 Å². The molecule has 0 unspecified atom stereocenters. The molecule has 0 aromatic heterocycles. The lowest BCUT2D eigenvalue weighted by Crippen LogP contribution is -2.07. The number of hydrogen-bond donors (Lipinski definition) is 1. The Balaban J connectivity index is 3.10. The molecule has 0 aliphatic carbocycles. The molecule has 0 fully saturated rings. The molecule has 1 N–H and O–H groups in total. The van der Waals surface area contributed by atoms with Crippen molar-refractivity contribution in [3.05, 3.63) is 12.2 Å². The van der Waals surface area contributed by atoms with Crippen LogP contribution in [-0.2, 0) is 9.53 Å². The third-order valence-corrected chi connectivity index (χ3v) is 2.40. The van der Waals surface area contributed by atoms with Crippen molar-refractivity contribution in [3.8, 4) is 0 Å². The summed E-state index contributed by atoms with van der Waals surface area (Å²) >= 11 is 0. The summed E-state index contributed by atoms with van der Waals surface area (Å²) in [6.07, 6.45) is 7.14. The van der Waals surface area contributed by atoms with Crippen molar-refractivity contribution in [2.75, 3.05) is 20.2 Å². The van der Waals surface area contributed by atoms with Crippen LogP contribution in [0.1, 0.15) is 45.4 Å². The second kappa shape index (κ2) is 10.7. The van der Waals surface area contributed by atoms with Crippen LogP contribution < -0.4 is 5.32 Å². The van der Waals surface area contributed by atoms with Crippen LogP contribution in [0.3, 0.4) is 0 Å². The van der Waals surface area contributed by atoms with Gasteiger partial charge in [0.2, 0.25) is 0 Å². The molecule has 3 nitrogen and oxygen atoms in total. The van der Waals surface area contributed by atoms with Gasteiger partial charge in [0, 0.05) is 5.57 Å². The number of unbranched alkanes of at least 4 members (excludes halogenated alkanes) is 5. The van der Waals surface area contributed by atoms with E-state index >= 15 is 0 Å². The minimum atomic E-state index is -0.269. The zero-order valence-corrected chi connectivity index (χ0v) is 10.7. The van der Waals surface area contributed by atoms with Crippen LogP contribution in [-0.4, -0.2) is 26.2 Å². The van der Waals surface area contributed by atoms with Crippen molar-refractivity contribution in [2.45, 2.75) is 45.4 Å². The van der Waals surface area contributed by atoms with Crippen LogP contribution in [0.5, 0.6) is 0 Å². The Labute approximate surface area is 99.3 Å². The molecule has 0 heterocycles. The van der Waals surface area contributed by atoms with Gasteiger partial charge >= 0.3 is 5.97 Å². The van der Waals surface area contributed by atoms with Crippen LogP contribution >= 0.6 is 0 Å². The number of hydrogen-bond acceptors (Lipinski definition) is 3. The highest BCUT2D eigenvalue weighted by Crippen LogP contribution is 2.05. The fraction of sp³-hybridized carbons (Fsp3) is 0.769. The first-order valence-corrected chi connectivity index (χ1v) is 6.15. The zero-order valence-electron chi connectivity index (χ0n) is 10.7. The lowest BCUT2D eigenvalue weighted by atomic mass is 10.1. The number of nitrogens with one attached hydrogen (secondary N) is 1. The smallest absolute Gasteiger partial charge is 0.333 e. The summed E-state index contributed by atoms with van der Waals surface area (Å²) in [7, 11) is 1.98. The lowest BCUT2D eigenvalue weighted by molar-refractivity contribution is -0.139. The number of carbonyl (C=O) groups is 1. The maximum absolute atomic E-state index is 11.0. The van der Waals surface area contributed by atoms with Gasteiger partial charge in [-0.1, -0.05) is 32.3 Å². The molecule has 0 spiro atoms. The molecule has 0 amide bonds. The van der Waals surface area contributed by atoms with E-state index in [9.17, 15) is 4.79 Å². The van der Waals surface area contributed by atoms with Gasteiger partial charge in [-0.15, -0.1) is 0 Å². The van der Waals surface area contributed by atoms with E-state index in [1.807, 2.05) is 7.05 Å². The largest absolute Gasteiger partial charge is 0.462 e. The van der Waals surface area contributed by atoms with Gasteiger partial charge < -0.3 is 10.1 Å². The fourth-order valence-electron chi connectivity index (χ4n) is 1.40. The van der Waals surface area contributed by atoms with Gasteiger partial charge in [0.05, 0.1) is 6.61 Å². The molecule has 0 radical (unpaired) electrons. The van der Waals surface area contributed by atoms with Crippen molar-refractivity contribution in [3.63, 3.8) is 0 Å². The Morgan fingerprint density at radius 1 is 1.12 bits per heavy atom. The molecular formula is C13H25NO2. The first-order valence-electron chi connectivity index (χ1n) is 6.15. The first-order chi connectivity index (χ1) is 7.68. The Morgan fingerprint density at radius 3 is 2.25 bits per heavy atom. The molecule has 94 valence electrons. The van der Waals surface area contributed by atoms with Crippen LogP contribution in [0.15, 0.2) is 12.2 Å². The highest BCUT2D eigenvalue weighted by Gasteiger charge is 2.01. The number of ether oxygens (including phenoxy) is 1. The highest BCUT2D eigenvalue weighted by atomic mass is 16.5. The molecule has 0 saturated heterocycles. The summed E-state index contributed by atoms with van der Waals surface area (Å²) < 4.78 is 5.00. The van der Waals surface area contributed by atoms with E-state index in [0.717, 1.165) is 19.4 Å². The number of carbonyl (C=O) groups excluding carboxylic acids is 1. The Kier molecular flexibility index (Phi) is 10.1. The average Bonchev–Trinajstić information content (AvgIpc) is 2.26. The number of rotatable bonds is 10. The SMILES string of the molecule is C=C(C)C(=O)OCCCCCCCCNC. The minimum Gasteiger partial charge on any atom is -0.462 e. The van der Waals surface area contributed by atoms with Crippen molar-refractivity contribution >= 4 is 5.97 Å². The van der Waals surface area contributed by atoms with Gasteiger partial charge in [-0.25, -0.2) is 4.79 Å². The van der Waals surface area contributed by atoms with Crippen LogP contribution in [0.2, 0.25) is 0 Å². The van der Waals surface area contributed by atoms with Gasteiger partial charge in [0.15, 0.2) is 0 Å². The van der Waals surface area contributed by atoms with E-state index in [2.05, 4.69) is 11.9 Å². The van der Waals surface area contributed by atoms with Gasteiger partial charge in [0.1, 0.15) is 0 Å². The molecule has 16 heavy (non-hydrogen) atoms. The van der Waals surface area contributed by atoms with Crippen molar-refractivity contribution in [1.29, 1.82) is 0 Å². The maximum atomic E-state index is 11.0. The van der Waals surface area contributed by atoms with E-state index in [0.29, 0.717) is 12.2 Å². The monoisotopic (exact) mass is 227 g/mol. The Bertz CT molecular complexity index is 202. The van der Waals surface area contributed by atoms with Crippen LogP contribution in [0, 0.1) is 0 Å². The molecule has 0 aromatic rings.